The van der Waals surface area contributed by atoms with Crippen LogP contribution in [0.4, 0.5) is 5.69 Å². The van der Waals surface area contributed by atoms with Gasteiger partial charge in [-0.15, -0.1) is 0 Å². The highest BCUT2D eigenvalue weighted by Gasteiger charge is 2.40. The number of amides is 1. The number of carbonyl (C=O) groups excluding carboxylic acids is 1. The number of anilines is 1. The standard InChI is InChI=1S/C15H20N4O/c1-2-5-15(6-7-16-10-15)14(20)18-12-3-4-13-11(8-12)9-17-19-13/h3-4,8-9,16H,2,5-7,10H2,1H3,(H,17,19)(H,18,20). The van der Waals surface area contributed by atoms with Crippen molar-refractivity contribution in [2.75, 3.05) is 18.4 Å². The summed E-state index contributed by atoms with van der Waals surface area (Å²) < 4.78 is 0. The zero-order valence-electron chi connectivity index (χ0n) is 11.7. The number of hydrogen-bond donors (Lipinski definition) is 3. The molecule has 0 radical (unpaired) electrons. The molecule has 2 heterocycles. The number of H-pyrrole nitrogens is 1. The van der Waals surface area contributed by atoms with Gasteiger partial charge in [0.2, 0.25) is 5.91 Å². The summed E-state index contributed by atoms with van der Waals surface area (Å²) in [6.07, 6.45) is 4.64. The van der Waals surface area contributed by atoms with Crippen molar-refractivity contribution in [2.45, 2.75) is 26.2 Å². The molecule has 5 nitrogen and oxygen atoms in total. The summed E-state index contributed by atoms with van der Waals surface area (Å²) in [6, 6.07) is 5.82. The third-order valence-corrected chi connectivity index (χ3v) is 4.15. The third kappa shape index (κ3) is 2.29. The van der Waals surface area contributed by atoms with Crippen LogP contribution in [0.25, 0.3) is 10.9 Å². The van der Waals surface area contributed by atoms with Gasteiger partial charge in [0.1, 0.15) is 0 Å². The van der Waals surface area contributed by atoms with Crippen molar-refractivity contribution in [3.8, 4) is 0 Å². The topological polar surface area (TPSA) is 69.8 Å². The molecule has 1 fully saturated rings. The lowest BCUT2D eigenvalue weighted by Gasteiger charge is -2.26. The second-order valence-corrected chi connectivity index (χ2v) is 5.58. The SMILES string of the molecule is CCCC1(C(=O)Nc2ccc3[nH]ncc3c2)CCNC1. The van der Waals surface area contributed by atoms with Crippen LogP contribution in [0.2, 0.25) is 0 Å². The average Bonchev–Trinajstić information content (AvgIpc) is 3.08. The van der Waals surface area contributed by atoms with E-state index in [2.05, 4.69) is 27.8 Å². The minimum atomic E-state index is -0.250. The maximum absolute atomic E-state index is 12.6. The first-order valence-electron chi connectivity index (χ1n) is 7.19. The maximum atomic E-state index is 12.6. The molecule has 3 rings (SSSR count). The van der Waals surface area contributed by atoms with Gasteiger partial charge in [-0.2, -0.15) is 5.10 Å². The summed E-state index contributed by atoms with van der Waals surface area (Å²) in [6.45, 7) is 3.83. The first kappa shape index (κ1) is 13.1. The highest BCUT2D eigenvalue weighted by molar-refractivity contribution is 5.97. The summed E-state index contributed by atoms with van der Waals surface area (Å²) in [5.41, 5.74) is 1.57. The predicted molar refractivity (Wildman–Crippen MR) is 79.6 cm³/mol. The van der Waals surface area contributed by atoms with E-state index in [-0.39, 0.29) is 11.3 Å². The fraction of sp³-hybridized carbons (Fsp3) is 0.467. The van der Waals surface area contributed by atoms with Crippen LogP contribution in [0.1, 0.15) is 26.2 Å². The lowest BCUT2D eigenvalue weighted by molar-refractivity contribution is -0.125. The predicted octanol–water partition coefficient (Wildman–Crippen LogP) is 2.28. The molecule has 1 aromatic carbocycles. The lowest BCUT2D eigenvalue weighted by Crippen LogP contribution is -2.38. The molecule has 2 aromatic rings. The summed E-state index contributed by atoms with van der Waals surface area (Å²) in [5, 5.41) is 14.3. The molecule has 1 unspecified atom stereocenters. The summed E-state index contributed by atoms with van der Waals surface area (Å²) in [4.78, 5) is 12.6. The van der Waals surface area contributed by atoms with Crippen molar-refractivity contribution in [3.63, 3.8) is 0 Å². The van der Waals surface area contributed by atoms with E-state index < -0.39 is 0 Å². The number of nitrogens with zero attached hydrogens (tertiary/aromatic N) is 1. The van der Waals surface area contributed by atoms with Crippen LogP contribution in [-0.4, -0.2) is 29.2 Å². The molecule has 1 atom stereocenters. The van der Waals surface area contributed by atoms with Gasteiger partial charge in [-0.25, -0.2) is 0 Å². The van der Waals surface area contributed by atoms with Gasteiger partial charge in [-0.3, -0.25) is 9.89 Å². The monoisotopic (exact) mass is 272 g/mol. The number of aromatic nitrogens is 2. The van der Waals surface area contributed by atoms with Crippen molar-refractivity contribution in [1.29, 1.82) is 0 Å². The van der Waals surface area contributed by atoms with E-state index in [1.54, 1.807) is 6.20 Å². The Labute approximate surface area is 118 Å². The first-order chi connectivity index (χ1) is 9.73. The molecule has 20 heavy (non-hydrogen) atoms. The highest BCUT2D eigenvalue weighted by atomic mass is 16.2. The molecule has 1 saturated heterocycles. The van der Waals surface area contributed by atoms with Crippen LogP contribution in [0.15, 0.2) is 24.4 Å². The molecule has 0 bridgehead atoms. The van der Waals surface area contributed by atoms with Gasteiger partial charge >= 0.3 is 0 Å². The van der Waals surface area contributed by atoms with E-state index in [0.717, 1.165) is 48.9 Å². The van der Waals surface area contributed by atoms with Crippen LogP contribution < -0.4 is 10.6 Å². The number of nitrogens with one attached hydrogen (secondary N) is 3. The molecule has 1 aliphatic rings. The van der Waals surface area contributed by atoms with Gasteiger partial charge < -0.3 is 10.6 Å². The zero-order chi connectivity index (χ0) is 14.0. The van der Waals surface area contributed by atoms with Gasteiger partial charge in [0, 0.05) is 17.6 Å². The number of rotatable bonds is 4. The quantitative estimate of drug-likeness (QED) is 0.799. The number of carbonyl (C=O) groups is 1. The summed E-state index contributed by atoms with van der Waals surface area (Å²) in [5.74, 6) is 0.132. The normalized spacial score (nSPS) is 22.2. The Morgan fingerprint density at radius 3 is 3.15 bits per heavy atom. The van der Waals surface area contributed by atoms with Crippen molar-refractivity contribution in [3.05, 3.63) is 24.4 Å². The van der Waals surface area contributed by atoms with Crippen LogP contribution in [0.5, 0.6) is 0 Å². The molecule has 106 valence electrons. The van der Waals surface area contributed by atoms with Crippen LogP contribution >= 0.6 is 0 Å². The molecule has 1 amide bonds. The lowest BCUT2D eigenvalue weighted by atomic mass is 9.81. The third-order valence-electron chi connectivity index (χ3n) is 4.15. The molecule has 5 heteroatoms. The minimum Gasteiger partial charge on any atom is -0.326 e. The average molecular weight is 272 g/mol. The van der Waals surface area contributed by atoms with Crippen LogP contribution in [0, 0.1) is 5.41 Å². The van der Waals surface area contributed by atoms with Gasteiger partial charge in [-0.1, -0.05) is 13.3 Å². The molecule has 1 aliphatic heterocycles. The van der Waals surface area contributed by atoms with Crippen molar-refractivity contribution in [1.82, 2.24) is 15.5 Å². The van der Waals surface area contributed by atoms with Gasteiger partial charge in [0.25, 0.3) is 0 Å². The second kappa shape index (κ2) is 5.25. The number of aromatic amines is 1. The van der Waals surface area contributed by atoms with E-state index in [4.69, 9.17) is 0 Å². The number of benzene rings is 1. The summed E-state index contributed by atoms with van der Waals surface area (Å²) in [7, 11) is 0. The van der Waals surface area contributed by atoms with E-state index in [0.29, 0.717) is 0 Å². The Kier molecular flexibility index (Phi) is 3.44. The van der Waals surface area contributed by atoms with E-state index in [1.165, 1.54) is 0 Å². The smallest absolute Gasteiger partial charge is 0.231 e. The fourth-order valence-electron chi connectivity index (χ4n) is 3.03. The summed E-state index contributed by atoms with van der Waals surface area (Å²) >= 11 is 0. The van der Waals surface area contributed by atoms with Crippen molar-refractivity contribution >= 4 is 22.5 Å². The highest BCUT2D eigenvalue weighted by Crippen LogP contribution is 2.32. The molecule has 0 saturated carbocycles. The first-order valence-corrected chi connectivity index (χ1v) is 7.19. The van der Waals surface area contributed by atoms with E-state index >= 15 is 0 Å². The zero-order valence-corrected chi connectivity index (χ0v) is 11.7. The van der Waals surface area contributed by atoms with Gasteiger partial charge in [0.15, 0.2) is 0 Å². The maximum Gasteiger partial charge on any atom is 0.231 e. The molecule has 3 N–H and O–H groups in total. The minimum absolute atomic E-state index is 0.132. The van der Waals surface area contributed by atoms with Gasteiger partial charge in [0.05, 0.1) is 17.1 Å². The molecule has 0 aliphatic carbocycles. The van der Waals surface area contributed by atoms with E-state index in [9.17, 15) is 4.79 Å². The van der Waals surface area contributed by atoms with Crippen molar-refractivity contribution < 1.29 is 4.79 Å². The Balaban J connectivity index is 1.80. The van der Waals surface area contributed by atoms with E-state index in [1.807, 2.05) is 18.2 Å². The fourth-order valence-corrected chi connectivity index (χ4v) is 3.03. The Morgan fingerprint density at radius 1 is 1.50 bits per heavy atom. The second-order valence-electron chi connectivity index (χ2n) is 5.58. The Hall–Kier alpha value is -1.88. The largest absolute Gasteiger partial charge is 0.326 e. The molecule has 1 aromatic heterocycles. The molecular formula is C15H20N4O. The molecule has 0 spiro atoms. The Morgan fingerprint density at radius 2 is 2.40 bits per heavy atom. The van der Waals surface area contributed by atoms with Crippen LogP contribution in [-0.2, 0) is 4.79 Å². The number of hydrogen-bond acceptors (Lipinski definition) is 3. The number of fused-ring (bicyclic) bond motifs is 1. The molecular weight excluding hydrogens is 252 g/mol. The van der Waals surface area contributed by atoms with Gasteiger partial charge in [-0.05, 0) is 37.6 Å². The van der Waals surface area contributed by atoms with Crippen molar-refractivity contribution in [2.24, 2.45) is 5.41 Å². The van der Waals surface area contributed by atoms with Crippen LogP contribution in [0.3, 0.4) is 0 Å². The Bertz CT molecular complexity index is 613.